The van der Waals surface area contributed by atoms with Gasteiger partial charge in [-0.1, -0.05) is 6.42 Å². The number of ether oxygens (including phenoxy) is 1. The van der Waals surface area contributed by atoms with Gasteiger partial charge in [-0.3, -0.25) is 0 Å². The van der Waals surface area contributed by atoms with Crippen molar-refractivity contribution in [1.82, 2.24) is 4.72 Å². The van der Waals surface area contributed by atoms with Gasteiger partial charge in [-0.05, 0) is 25.8 Å². The van der Waals surface area contributed by atoms with Crippen LogP contribution in [0.1, 0.15) is 25.7 Å². The van der Waals surface area contributed by atoms with Gasteiger partial charge in [0.1, 0.15) is 0 Å². The molecule has 0 spiro atoms. The third-order valence-electron chi connectivity index (χ3n) is 1.96. The third kappa shape index (κ3) is 10.1. The van der Waals surface area contributed by atoms with Crippen molar-refractivity contribution in [1.29, 1.82) is 0 Å². The standard InChI is InChI=1S/C9H22N2O3S/c1-14-8-5-9-15(12,13)11-7-4-2-3-6-10/h11H,2-10H2,1H3. The van der Waals surface area contributed by atoms with Crippen molar-refractivity contribution in [2.45, 2.75) is 25.7 Å². The Morgan fingerprint density at radius 3 is 2.53 bits per heavy atom. The van der Waals surface area contributed by atoms with Gasteiger partial charge < -0.3 is 10.5 Å². The summed E-state index contributed by atoms with van der Waals surface area (Å²) >= 11 is 0. The van der Waals surface area contributed by atoms with Gasteiger partial charge in [0.25, 0.3) is 0 Å². The Bertz CT molecular complexity index is 230. The molecular weight excluding hydrogens is 216 g/mol. The molecular formula is C9H22N2O3S. The van der Waals surface area contributed by atoms with Crippen LogP contribution in [-0.2, 0) is 14.8 Å². The molecule has 0 radical (unpaired) electrons. The van der Waals surface area contributed by atoms with Crippen LogP contribution < -0.4 is 10.5 Å². The zero-order valence-corrected chi connectivity index (χ0v) is 10.2. The maximum Gasteiger partial charge on any atom is 0.211 e. The van der Waals surface area contributed by atoms with Gasteiger partial charge in [0.2, 0.25) is 10.0 Å². The second-order valence-electron chi connectivity index (χ2n) is 3.41. The molecule has 0 aliphatic rings. The summed E-state index contributed by atoms with van der Waals surface area (Å²) in [6, 6.07) is 0. The van der Waals surface area contributed by atoms with E-state index in [1.54, 1.807) is 7.11 Å². The third-order valence-corrected chi connectivity index (χ3v) is 3.43. The highest BCUT2D eigenvalue weighted by Gasteiger charge is 2.07. The van der Waals surface area contributed by atoms with E-state index in [0.29, 0.717) is 26.1 Å². The average molecular weight is 238 g/mol. The Kier molecular flexibility index (Phi) is 8.98. The summed E-state index contributed by atoms with van der Waals surface area (Å²) in [5.41, 5.74) is 5.33. The summed E-state index contributed by atoms with van der Waals surface area (Å²) in [4.78, 5) is 0. The first kappa shape index (κ1) is 14.8. The summed E-state index contributed by atoms with van der Waals surface area (Å²) in [6.45, 7) is 1.66. The molecule has 0 heterocycles. The highest BCUT2D eigenvalue weighted by molar-refractivity contribution is 7.89. The molecule has 0 saturated carbocycles. The zero-order chi connectivity index (χ0) is 11.6. The van der Waals surface area contributed by atoms with E-state index in [-0.39, 0.29) is 5.75 Å². The van der Waals surface area contributed by atoms with Crippen molar-refractivity contribution >= 4 is 10.0 Å². The summed E-state index contributed by atoms with van der Waals surface area (Å²) in [7, 11) is -1.54. The SMILES string of the molecule is COCCCS(=O)(=O)NCCCCCN. The van der Waals surface area contributed by atoms with Crippen molar-refractivity contribution in [3.63, 3.8) is 0 Å². The molecule has 3 N–H and O–H groups in total. The smallest absolute Gasteiger partial charge is 0.211 e. The number of nitrogens with two attached hydrogens (primary N) is 1. The molecule has 0 aromatic heterocycles. The normalized spacial score (nSPS) is 11.9. The van der Waals surface area contributed by atoms with Crippen LogP contribution in [0.3, 0.4) is 0 Å². The van der Waals surface area contributed by atoms with Gasteiger partial charge in [-0.2, -0.15) is 0 Å². The Balaban J connectivity index is 3.47. The first-order valence-electron chi connectivity index (χ1n) is 5.28. The summed E-state index contributed by atoms with van der Waals surface area (Å²) in [5.74, 6) is 0.137. The van der Waals surface area contributed by atoms with Crippen molar-refractivity contribution in [2.24, 2.45) is 5.73 Å². The molecule has 6 heteroatoms. The molecule has 0 fully saturated rings. The van der Waals surface area contributed by atoms with E-state index < -0.39 is 10.0 Å². The van der Waals surface area contributed by atoms with Crippen molar-refractivity contribution in [3.05, 3.63) is 0 Å². The molecule has 15 heavy (non-hydrogen) atoms. The summed E-state index contributed by atoms with van der Waals surface area (Å²) in [5, 5.41) is 0. The first-order valence-corrected chi connectivity index (χ1v) is 6.94. The van der Waals surface area contributed by atoms with Crippen LogP contribution in [0.25, 0.3) is 0 Å². The fourth-order valence-corrected chi connectivity index (χ4v) is 2.24. The van der Waals surface area contributed by atoms with Gasteiger partial charge >= 0.3 is 0 Å². The lowest BCUT2D eigenvalue weighted by Gasteiger charge is -2.05. The van der Waals surface area contributed by atoms with Crippen LogP contribution in [0, 0.1) is 0 Å². The van der Waals surface area contributed by atoms with Crippen LogP contribution >= 0.6 is 0 Å². The van der Waals surface area contributed by atoms with E-state index in [1.807, 2.05) is 0 Å². The molecule has 0 atom stereocenters. The fourth-order valence-electron chi connectivity index (χ4n) is 1.14. The molecule has 0 rings (SSSR count). The highest BCUT2D eigenvalue weighted by atomic mass is 32.2. The van der Waals surface area contributed by atoms with Gasteiger partial charge in [-0.25, -0.2) is 13.1 Å². The van der Waals surface area contributed by atoms with Crippen molar-refractivity contribution in [3.8, 4) is 0 Å². The van der Waals surface area contributed by atoms with Crippen molar-refractivity contribution < 1.29 is 13.2 Å². The second-order valence-corrected chi connectivity index (χ2v) is 5.34. The maximum atomic E-state index is 11.3. The van der Waals surface area contributed by atoms with E-state index in [2.05, 4.69) is 4.72 Å². The van der Waals surface area contributed by atoms with Crippen LogP contribution in [-0.4, -0.2) is 41.0 Å². The van der Waals surface area contributed by atoms with E-state index in [0.717, 1.165) is 19.3 Å². The Hall–Kier alpha value is -0.170. The Labute approximate surface area is 92.4 Å². The summed E-state index contributed by atoms with van der Waals surface area (Å²) < 4.78 is 30.0. The topological polar surface area (TPSA) is 81.4 Å². The monoisotopic (exact) mass is 238 g/mol. The van der Waals surface area contributed by atoms with Gasteiger partial charge in [-0.15, -0.1) is 0 Å². The predicted molar refractivity (Wildman–Crippen MR) is 61.2 cm³/mol. The van der Waals surface area contributed by atoms with Crippen LogP contribution in [0.15, 0.2) is 0 Å². The van der Waals surface area contributed by atoms with Crippen LogP contribution in [0.4, 0.5) is 0 Å². The van der Waals surface area contributed by atoms with Crippen LogP contribution in [0.2, 0.25) is 0 Å². The number of sulfonamides is 1. The Morgan fingerprint density at radius 2 is 1.93 bits per heavy atom. The molecule has 0 aliphatic carbocycles. The second kappa shape index (κ2) is 9.08. The van der Waals surface area contributed by atoms with E-state index in [4.69, 9.17) is 10.5 Å². The molecule has 0 aromatic carbocycles. The lowest BCUT2D eigenvalue weighted by molar-refractivity contribution is 0.199. The number of hydrogen-bond donors (Lipinski definition) is 2. The first-order chi connectivity index (χ1) is 7.12. The number of rotatable bonds is 10. The highest BCUT2D eigenvalue weighted by Crippen LogP contribution is 1.94. The molecule has 92 valence electrons. The largest absolute Gasteiger partial charge is 0.385 e. The number of nitrogens with one attached hydrogen (secondary N) is 1. The maximum absolute atomic E-state index is 11.3. The molecule has 5 nitrogen and oxygen atoms in total. The lowest BCUT2D eigenvalue weighted by atomic mass is 10.2. The minimum absolute atomic E-state index is 0.137. The van der Waals surface area contributed by atoms with E-state index in [9.17, 15) is 8.42 Å². The predicted octanol–water partition coefficient (Wildman–Crippen LogP) is 0.0713. The zero-order valence-electron chi connectivity index (χ0n) is 9.37. The minimum atomic E-state index is -3.10. The van der Waals surface area contributed by atoms with E-state index >= 15 is 0 Å². The van der Waals surface area contributed by atoms with Gasteiger partial charge in [0, 0.05) is 20.3 Å². The average Bonchev–Trinajstić information content (AvgIpc) is 2.17. The number of unbranched alkanes of at least 4 members (excludes halogenated alkanes) is 2. The number of hydrogen-bond acceptors (Lipinski definition) is 4. The fraction of sp³-hybridized carbons (Fsp3) is 1.00. The Morgan fingerprint density at radius 1 is 1.20 bits per heavy atom. The molecule has 0 saturated heterocycles. The molecule has 0 aromatic rings. The van der Waals surface area contributed by atoms with Crippen molar-refractivity contribution in [2.75, 3.05) is 32.6 Å². The lowest BCUT2D eigenvalue weighted by Crippen LogP contribution is -2.27. The minimum Gasteiger partial charge on any atom is -0.385 e. The number of methoxy groups -OCH3 is 1. The van der Waals surface area contributed by atoms with Crippen LogP contribution in [0.5, 0.6) is 0 Å². The molecule has 0 aliphatic heterocycles. The summed E-state index contributed by atoms with van der Waals surface area (Å²) in [6.07, 6.45) is 3.30. The van der Waals surface area contributed by atoms with Gasteiger partial charge in [0.15, 0.2) is 0 Å². The molecule has 0 unspecified atom stereocenters. The van der Waals surface area contributed by atoms with Gasteiger partial charge in [0.05, 0.1) is 5.75 Å². The molecule has 0 bridgehead atoms. The quantitative estimate of drug-likeness (QED) is 0.528. The van der Waals surface area contributed by atoms with E-state index in [1.165, 1.54) is 0 Å². The molecule has 0 amide bonds.